The predicted molar refractivity (Wildman–Crippen MR) is 76.8 cm³/mol. The van der Waals surface area contributed by atoms with E-state index in [9.17, 15) is 14.7 Å². The third-order valence-corrected chi connectivity index (χ3v) is 3.88. The zero-order chi connectivity index (χ0) is 14.8. The van der Waals surface area contributed by atoms with E-state index < -0.39 is 11.4 Å². The summed E-state index contributed by atoms with van der Waals surface area (Å²) in [6, 6.07) is 9.32. The molecule has 2 rings (SSSR count). The van der Waals surface area contributed by atoms with Crippen LogP contribution in [0.25, 0.3) is 0 Å². The minimum atomic E-state index is -0.837. The zero-order valence-corrected chi connectivity index (χ0v) is 11.9. The molecule has 5 nitrogen and oxygen atoms in total. The van der Waals surface area contributed by atoms with E-state index in [1.165, 1.54) is 0 Å². The summed E-state index contributed by atoms with van der Waals surface area (Å²) in [6.45, 7) is 4.93. The molecular weight excluding hydrogens is 256 g/mol. The predicted octanol–water partition coefficient (Wildman–Crippen LogP) is 2.43. The SMILES string of the molecule is CCN(C(=O)N1CCC(C)(C(=O)O)C1)c1ccccc1. The molecule has 0 saturated carbocycles. The quantitative estimate of drug-likeness (QED) is 0.922. The molecule has 1 aromatic rings. The molecule has 5 heteroatoms. The fourth-order valence-corrected chi connectivity index (χ4v) is 2.51. The van der Waals surface area contributed by atoms with Crippen molar-refractivity contribution in [1.29, 1.82) is 0 Å². The molecule has 1 aliphatic heterocycles. The summed E-state index contributed by atoms with van der Waals surface area (Å²) in [5.74, 6) is -0.837. The average Bonchev–Trinajstić information content (AvgIpc) is 2.85. The first-order chi connectivity index (χ1) is 9.48. The Hall–Kier alpha value is -2.04. The number of likely N-dealkylation sites (tertiary alicyclic amines) is 1. The summed E-state index contributed by atoms with van der Waals surface area (Å²) in [4.78, 5) is 27.1. The number of nitrogens with zero attached hydrogens (tertiary/aromatic N) is 2. The van der Waals surface area contributed by atoms with Gasteiger partial charge in [-0.1, -0.05) is 18.2 Å². The summed E-state index contributed by atoms with van der Waals surface area (Å²) < 4.78 is 0. The highest BCUT2D eigenvalue weighted by molar-refractivity contribution is 5.92. The number of carbonyl (C=O) groups is 2. The smallest absolute Gasteiger partial charge is 0.324 e. The highest BCUT2D eigenvalue weighted by Gasteiger charge is 2.43. The number of anilines is 1. The maximum atomic E-state index is 12.5. The number of carbonyl (C=O) groups excluding carboxylic acids is 1. The van der Waals surface area contributed by atoms with Crippen molar-refractivity contribution in [3.8, 4) is 0 Å². The summed E-state index contributed by atoms with van der Waals surface area (Å²) in [5.41, 5.74) is 0.00935. The number of aliphatic carboxylic acids is 1. The average molecular weight is 276 g/mol. The molecule has 1 aliphatic rings. The molecule has 108 valence electrons. The van der Waals surface area contributed by atoms with E-state index in [4.69, 9.17) is 0 Å². The largest absolute Gasteiger partial charge is 0.481 e. The van der Waals surface area contributed by atoms with Gasteiger partial charge in [-0.05, 0) is 32.4 Å². The van der Waals surface area contributed by atoms with Crippen LogP contribution in [0.5, 0.6) is 0 Å². The number of hydrogen-bond acceptors (Lipinski definition) is 2. The number of urea groups is 1. The van der Waals surface area contributed by atoms with Gasteiger partial charge in [0.05, 0.1) is 5.41 Å². The Bertz CT molecular complexity index is 503. The fourth-order valence-electron chi connectivity index (χ4n) is 2.51. The van der Waals surface area contributed by atoms with E-state index in [2.05, 4.69) is 0 Å². The van der Waals surface area contributed by atoms with E-state index >= 15 is 0 Å². The Morgan fingerprint density at radius 2 is 2.00 bits per heavy atom. The lowest BCUT2D eigenvalue weighted by molar-refractivity contribution is -0.146. The maximum absolute atomic E-state index is 12.5. The number of carboxylic acid groups (broad SMARTS) is 1. The molecule has 1 saturated heterocycles. The van der Waals surface area contributed by atoms with Crippen molar-refractivity contribution in [1.82, 2.24) is 4.90 Å². The molecule has 1 N–H and O–H groups in total. The molecule has 1 heterocycles. The Labute approximate surface area is 118 Å². The Balaban J connectivity index is 2.13. The van der Waals surface area contributed by atoms with Crippen LogP contribution >= 0.6 is 0 Å². The normalized spacial score (nSPS) is 21.8. The van der Waals surface area contributed by atoms with Gasteiger partial charge >= 0.3 is 12.0 Å². The van der Waals surface area contributed by atoms with Crippen molar-refractivity contribution in [3.05, 3.63) is 30.3 Å². The topological polar surface area (TPSA) is 60.9 Å². The second kappa shape index (κ2) is 5.53. The summed E-state index contributed by atoms with van der Waals surface area (Å²) in [7, 11) is 0. The lowest BCUT2D eigenvalue weighted by Crippen LogP contribution is -2.43. The minimum Gasteiger partial charge on any atom is -0.481 e. The van der Waals surface area contributed by atoms with Crippen molar-refractivity contribution in [2.24, 2.45) is 5.41 Å². The van der Waals surface area contributed by atoms with Crippen LogP contribution in [0.15, 0.2) is 30.3 Å². The number of benzene rings is 1. The Morgan fingerprint density at radius 3 is 2.50 bits per heavy atom. The van der Waals surface area contributed by atoms with Crippen molar-refractivity contribution in [2.45, 2.75) is 20.3 Å². The van der Waals surface area contributed by atoms with Crippen LogP contribution in [0.2, 0.25) is 0 Å². The monoisotopic (exact) mass is 276 g/mol. The van der Waals surface area contributed by atoms with Crippen molar-refractivity contribution in [2.75, 3.05) is 24.5 Å². The molecule has 0 radical (unpaired) electrons. The molecule has 1 unspecified atom stereocenters. The van der Waals surface area contributed by atoms with Gasteiger partial charge in [0.15, 0.2) is 0 Å². The van der Waals surface area contributed by atoms with Gasteiger partial charge in [-0.2, -0.15) is 0 Å². The summed E-state index contributed by atoms with van der Waals surface area (Å²) >= 11 is 0. The van der Waals surface area contributed by atoms with Gasteiger partial charge in [-0.3, -0.25) is 9.69 Å². The van der Waals surface area contributed by atoms with E-state index in [1.807, 2.05) is 37.3 Å². The molecule has 2 amide bonds. The zero-order valence-electron chi connectivity index (χ0n) is 11.9. The van der Waals surface area contributed by atoms with Gasteiger partial charge in [0.25, 0.3) is 0 Å². The lowest BCUT2D eigenvalue weighted by Gasteiger charge is -2.28. The molecule has 1 aromatic carbocycles. The molecule has 1 atom stereocenters. The van der Waals surface area contributed by atoms with Crippen LogP contribution < -0.4 is 4.90 Å². The minimum absolute atomic E-state index is 0.122. The van der Waals surface area contributed by atoms with Crippen LogP contribution in [-0.2, 0) is 4.79 Å². The number of rotatable bonds is 3. The highest BCUT2D eigenvalue weighted by Crippen LogP contribution is 2.31. The van der Waals surface area contributed by atoms with Crippen LogP contribution in [-0.4, -0.2) is 41.6 Å². The third-order valence-electron chi connectivity index (χ3n) is 3.88. The van der Waals surface area contributed by atoms with E-state index in [0.717, 1.165) is 5.69 Å². The molecular formula is C15H20N2O3. The Morgan fingerprint density at radius 1 is 1.35 bits per heavy atom. The molecule has 20 heavy (non-hydrogen) atoms. The van der Waals surface area contributed by atoms with E-state index in [-0.39, 0.29) is 12.6 Å². The molecule has 0 bridgehead atoms. The first-order valence-electron chi connectivity index (χ1n) is 6.83. The highest BCUT2D eigenvalue weighted by atomic mass is 16.4. The Kier molecular flexibility index (Phi) is 3.97. The first kappa shape index (κ1) is 14.4. The van der Waals surface area contributed by atoms with Crippen LogP contribution in [0.3, 0.4) is 0 Å². The van der Waals surface area contributed by atoms with Crippen molar-refractivity contribution >= 4 is 17.7 Å². The number of hydrogen-bond donors (Lipinski definition) is 1. The van der Waals surface area contributed by atoms with Crippen molar-refractivity contribution in [3.63, 3.8) is 0 Å². The number of amides is 2. The summed E-state index contributed by atoms with van der Waals surface area (Å²) in [6.07, 6.45) is 0.500. The lowest BCUT2D eigenvalue weighted by atomic mass is 9.90. The molecule has 0 aromatic heterocycles. The van der Waals surface area contributed by atoms with Crippen molar-refractivity contribution < 1.29 is 14.7 Å². The fraction of sp³-hybridized carbons (Fsp3) is 0.467. The molecule has 0 aliphatic carbocycles. The number of carboxylic acids is 1. The van der Waals surface area contributed by atoms with Gasteiger partial charge in [-0.15, -0.1) is 0 Å². The second-order valence-corrected chi connectivity index (χ2v) is 5.40. The third kappa shape index (κ3) is 2.61. The maximum Gasteiger partial charge on any atom is 0.324 e. The van der Waals surface area contributed by atoms with E-state index in [0.29, 0.717) is 19.5 Å². The molecule has 0 spiro atoms. The van der Waals surface area contributed by atoms with Gasteiger partial charge in [0.1, 0.15) is 0 Å². The summed E-state index contributed by atoms with van der Waals surface area (Å²) in [5, 5.41) is 9.23. The standard InChI is InChI=1S/C15H20N2O3/c1-3-17(12-7-5-4-6-8-12)14(20)16-10-9-15(2,11-16)13(18)19/h4-8H,3,9-11H2,1-2H3,(H,18,19). The second-order valence-electron chi connectivity index (χ2n) is 5.40. The molecule has 1 fully saturated rings. The first-order valence-corrected chi connectivity index (χ1v) is 6.83. The van der Waals surface area contributed by atoms with Gasteiger partial charge < -0.3 is 10.0 Å². The van der Waals surface area contributed by atoms with E-state index in [1.54, 1.807) is 16.7 Å². The van der Waals surface area contributed by atoms with Crippen LogP contribution in [0.1, 0.15) is 20.3 Å². The number of para-hydroxylation sites is 1. The van der Waals surface area contributed by atoms with Gasteiger partial charge in [-0.25, -0.2) is 4.79 Å². The van der Waals surface area contributed by atoms with Crippen LogP contribution in [0, 0.1) is 5.41 Å². The van der Waals surface area contributed by atoms with Gasteiger partial charge in [0.2, 0.25) is 0 Å². The van der Waals surface area contributed by atoms with Crippen LogP contribution in [0.4, 0.5) is 10.5 Å². The van der Waals surface area contributed by atoms with Gasteiger partial charge in [0, 0.05) is 25.3 Å².